The minimum Gasteiger partial charge on any atom is -0.388 e. The van der Waals surface area contributed by atoms with Gasteiger partial charge in [0.15, 0.2) is 0 Å². The molecular weight excluding hydrogens is 268 g/mol. The second kappa shape index (κ2) is 6.75. The molecule has 1 saturated heterocycles. The smallest absolute Gasteiger partial charge is 0.343 e. The molecule has 1 atom stereocenters. The summed E-state index contributed by atoms with van der Waals surface area (Å²) in [7, 11) is 0. The van der Waals surface area contributed by atoms with Crippen LogP contribution in [0.5, 0.6) is 0 Å². The summed E-state index contributed by atoms with van der Waals surface area (Å²) in [5, 5.41) is 30.1. The number of nitrogens with zero attached hydrogens (tertiary/aromatic N) is 4. The summed E-state index contributed by atoms with van der Waals surface area (Å²) < 4.78 is 6.45. The second-order valence-corrected chi connectivity index (χ2v) is 4.63. The van der Waals surface area contributed by atoms with Crippen LogP contribution in [-0.4, -0.2) is 68.5 Å². The van der Waals surface area contributed by atoms with Gasteiger partial charge in [-0.15, -0.1) is 0 Å². The fourth-order valence-corrected chi connectivity index (χ4v) is 2.22. The van der Waals surface area contributed by atoms with E-state index >= 15 is 0 Å². The minimum atomic E-state index is -0.772. The van der Waals surface area contributed by atoms with E-state index in [1.165, 1.54) is 4.57 Å². The van der Waals surface area contributed by atoms with Crippen LogP contribution in [0.1, 0.15) is 5.82 Å². The molecule has 1 aromatic heterocycles. The highest BCUT2D eigenvalue weighted by Gasteiger charge is 2.24. The van der Waals surface area contributed by atoms with Crippen LogP contribution >= 0.6 is 0 Å². The molecule has 2 rings (SSSR count). The Labute approximate surface area is 115 Å². The van der Waals surface area contributed by atoms with Gasteiger partial charge in [-0.3, -0.25) is 4.90 Å². The molecule has 0 amide bonds. The maximum Gasteiger partial charge on any atom is 0.343 e. The standard InChI is InChI=1S/C11H18N4O5/c16-8-10-12-5-11(15(18)19)14(10)7-9(17)6-13-1-3-20-4-2-13/h5,9,16-17H,1-4,6-8H2. The quantitative estimate of drug-likeness (QED) is 0.508. The third-order valence-electron chi connectivity index (χ3n) is 3.21. The molecule has 9 nitrogen and oxygen atoms in total. The van der Waals surface area contributed by atoms with Gasteiger partial charge in [0.1, 0.15) is 25.5 Å². The van der Waals surface area contributed by atoms with Gasteiger partial charge in [-0.2, -0.15) is 0 Å². The van der Waals surface area contributed by atoms with E-state index in [-0.39, 0.29) is 18.2 Å². The van der Waals surface area contributed by atoms with Gasteiger partial charge in [-0.05, 0) is 4.92 Å². The molecule has 2 N–H and O–H groups in total. The van der Waals surface area contributed by atoms with Crippen molar-refractivity contribution >= 4 is 5.82 Å². The fourth-order valence-electron chi connectivity index (χ4n) is 2.22. The highest BCUT2D eigenvalue weighted by Crippen LogP contribution is 2.15. The van der Waals surface area contributed by atoms with Crippen LogP contribution in [0.4, 0.5) is 5.82 Å². The first kappa shape index (κ1) is 14.9. The van der Waals surface area contributed by atoms with E-state index in [2.05, 4.69) is 4.98 Å². The topological polar surface area (TPSA) is 114 Å². The van der Waals surface area contributed by atoms with Gasteiger partial charge in [-0.1, -0.05) is 0 Å². The van der Waals surface area contributed by atoms with Crippen LogP contribution in [0.25, 0.3) is 0 Å². The number of hydrogen-bond acceptors (Lipinski definition) is 7. The number of aromatic nitrogens is 2. The molecule has 1 aliphatic rings. The van der Waals surface area contributed by atoms with E-state index in [4.69, 9.17) is 9.84 Å². The Morgan fingerprint density at radius 1 is 1.45 bits per heavy atom. The van der Waals surface area contributed by atoms with E-state index < -0.39 is 17.6 Å². The minimum absolute atomic E-state index is 0.0313. The third-order valence-corrected chi connectivity index (χ3v) is 3.21. The van der Waals surface area contributed by atoms with Crippen molar-refractivity contribution in [2.45, 2.75) is 19.3 Å². The molecule has 112 valence electrons. The molecular formula is C11H18N4O5. The normalized spacial score (nSPS) is 18.1. The highest BCUT2D eigenvalue weighted by molar-refractivity contribution is 5.19. The van der Waals surface area contributed by atoms with Gasteiger partial charge in [0.2, 0.25) is 5.82 Å². The molecule has 0 aromatic carbocycles. The lowest BCUT2D eigenvalue weighted by molar-refractivity contribution is -0.392. The average Bonchev–Trinajstić information content (AvgIpc) is 2.82. The summed E-state index contributed by atoms with van der Waals surface area (Å²) in [4.78, 5) is 16.1. The van der Waals surface area contributed by atoms with Crippen molar-refractivity contribution in [3.8, 4) is 0 Å². The zero-order valence-electron chi connectivity index (χ0n) is 11.0. The zero-order chi connectivity index (χ0) is 14.5. The fraction of sp³-hybridized carbons (Fsp3) is 0.727. The molecule has 0 radical (unpaired) electrons. The number of hydrogen-bond donors (Lipinski definition) is 2. The van der Waals surface area contributed by atoms with Crippen molar-refractivity contribution in [1.29, 1.82) is 0 Å². The van der Waals surface area contributed by atoms with Crippen LogP contribution in [0.3, 0.4) is 0 Å². The Morgan fingerprint density at radius 3 is 2.75 bits per heavy atom. The lowest BCUT2D eigenvalue weighted by Gasteiger charge is -2.28. The zero-order valence-corrected chi connectivity index (χ0v) is 11.0. The summed E-state index contributed by atoms with van der Waals surface area (Å²) in [5.41, 5.74) is 0. The Kier molecular flexibility index (Phi) is 5.01. The predicted molar refractivity (Wildman–Crippen MR) is 68.1 cm³/mol. The molecule has 1 aliphatic heterocycles. The van der Waals surface area contributed by atoms with E-state index in [9.17, 15) is 15.2 Å². The van der Waals surface area contributed by atoms with Crippen molar-refractivity contribution < 1.29 is 19.9 Å². The second-order valence-electron chi connectivity index (χ2n) is 4.63. The van der Waals surface area contributed by atoms with Gasteiger partial charge >= 0.3 is 5.82 Å². The number of rotatable bonds is 6. The van der Waals surface area contributed by atoms with E-state index in [0.29, 0.717) is 19.8 Å². The molecule has 0 bridgehead atoms. The lowest BCUT2D eigenvalue weighted by Crippen LogP contribution is -2.42. The number of nitro groups is 1. The van der Waals surface area contributed by atoms with Gasteiger partial charge in [-0.25, -0.2) is 9.55 Å². The monoisotopic (exact) mass is 286 g/mol. The molecule has 1 aromatic rings. The van der Waals surface area contributed by atoms with Gasteiger partial charge < -0.3 is 25.1 Å². The number of aliphatic hydroxyl groups is 2. The average molecular weight is 286 g/mol. The largest absolute Gasteiger partial charge is 0.388 e. The molecule has 0 aliphatic carbocycles. The summed E-state index contributed by atoms with van der Waals surface area (Å²) in [5.74, 6) is -0.0483. The first-order valence-corrected chi connectivity index (χ1v) is 6.39. The first-order chi connectivity index (χ1) is 9.61. The lowest BCUT2D eigenvalue weighted by atomic mass is 10.3. The number of aliphatic hydroxyl groups excluding tert-OH is 2. The van der Waals surface area contributed by atoms with Crippen LogP contribution in [0, 0.1) is 10.1 Å². The Hall–Kier alpha value is -1.55. The Bertz CT molecular complexity index is 458. The summed E-state index contributed by atoms with van der Waals surface area (Å²) in [6.45, 7) is 2.75. The number of ether oxygens (including phenoxy) is 1. The number of imidazole rings is 1. The molecule has 0 spiro atoms. The molecule has 1 unspecified atom stereocenters. The van der Waals surface area contributed by atoms with Crippen LogP contribution in [0.2, 0.25) is 0 Å². The molecule has 1 fully saturated rings. The SMILES string of the molecule is O=[N+]([O-])c1cnc(CO)n1CC(O)CN1CCOCC1. The van der Waals surface area contributed by atoms with Crippen molar-refractivity contribution in [3.05, 3.63) is 22.1 Å². The van der Waals surface area contributed by atoms with E-state index in [0.717, 1.165) is 19.3 Å². The maximum atomic E-state index is 10.9. The maximum absolute atomic E-state index is 10.9. The summed E-state index contributed by atoms with van der Waals surface area (Å²) in [6.07, 6.45) is 0.318. The van der Waals surface area contributed by atoms with Crippen LogP contribution < -0.4 is 0 Å². The Balaban J connectivity index is 2.00. The first-order valence-electron chi connectivity index (χ1n) is 6.39. The van der Waals surface area contributed by atoms with Gasteiger partial charge in [0, 0.05) is 19.6 Å². The number of morpholine rings is 1. The highest BCUT2D eigenvalue weighted by atomic mass is 16.6. The van der Waals surface area contributed by atoms with Gasteiger partial charge in [0.05, 0.1) is 13.2 Å². The summed E-state index contributed by atoms with van der Waals surface area (Å²) >= 11 is 0. The van der Waals surface area contributed by atoms with E-state index in [1.807, 2.05) is 4.90 Å². The molecule has 2 heterocycles. The van der Waals surface area contributed by atoms with Crippen LogP contribution in [-0.2, 0) is 17.9 Å². The summed E-state index contributed by atoms with van der Waals surface area (Å²) in [6, 6.07) is 0. The molecule has 20 heavy (non-hydrogen) atoms. The molecule has 9 heteroatoms. The van der Waals surface area contributed by atoms with Crippen molar-refractivity contribution in [2.75, 3.05) is 32.8 Å². The van der Waals surface area contributed by atoms with E-state index in [1.54, 1.807) is 0 Å². The Morgan fingerprint density at radius 2 is 2.15 bits per heavy atom. The van der Waals surface area contributed by atoms with Crippen LogP contribution in [0.15, 0.2) is 6.20 Å². The van der Waals surface area contributed by atoms with Crippen molar-refractivity contribution in [3.63, 3.8) is 0 Å². The predicted octanol–water partition coefficient (Wildman–Crippen LogP) is -1.02. The van der Waals surface area contributed by atoms with Crippen molar-refractivity contribution in [2.24, 2.45) is 0 Å². The number of β-amino-alcohol motifs (C(OH)–C–C–N with tert-alkyl or cyclic N) is 1. The third kappa shape index (κ3) is 3.51. The van der Waals surface area contributed by atoms with Crippen molar-refractivity contribution in [1.82, 2.24) is 14.5 Å². The van der Waals surface area contributed by atoms with Gasteiger partial charge in [0.25, 0.3) is 0 Å². The molecule has 0 saturated carbocycles.